The summed E-state index contributed by atoms with van der Waals surface area (Å²) in [6, 6.07) is 5.55. The SMILES string of the molecule is C=CCC(CCN(C)C)(C(N)=O)c1ccccn1. The molecule has 0 saturated heterocycles. The summed E-state index contributed by atoms with van der Waals surface area (Å²) in [5.74, 6) is -0.344. The number of pyridine rings is 1. The molecule has 0 aliphatic carbocycles. The zero-order chi connectivity index (χ0) is 13.6. The fourth-order valence-electron chi connectivity index (χ4n) is 1.99. The van der Waals surface area contributed by atoms with Gasteiger partial charge in [0.05, 0.1) is 11.1 Å². The largest absolute Gasteiger partial charge is 0.369 e. The number of carbonyl (C=O) groups excluding carboxylic acids is 1. The van der Waals surface area contributed by atoms with Crippen LogP contribution in [0.2, 0.25) is 0 Å². The van der Waals surface area contributed by atoms with Crippen LogP contribution in [0.3, 0.4) is 0 Å². The molecule has 1 heterocycles. The summed E-state index contributed by atoms with van der Waals surface area (Å²) in [6.45, 7) is 4.50. The molecule has 98 valence electrons. The number of allylic oxidation sites excluding steroid dienone is 1. The van der Waals surface area contributed by atoms with E-state index in [1.807, 2.05) is 37.2 Å². The van der Waals surface area contributed by atoms with Crippen molar-refractivity contribution in [1.29, 1.82) is 0 Å². The third kappa shape index (κ3) is 3.17. The van der Waals surface area contributed by atoms with Crippen molar-refractivity contribution < 1.29 is 4.79 Å². The molecule has 0 bridgehead atoms. The lowest BCUT2D eigenvalue weighted by atomic mass is 9.76. The summed E-state index contributed by atoms with van der Waals surface area (Å²) >= 11 is 0. The minimum Gasteiger partial charge on any atom is -0.369 e. The molecule has 0 fully saturated rings. The molecule has 0 saturated carbocycles. The second-order valence-electron chi connectivity index (χ2n) is 4.71. The first-order valence-electron chi connectivity index (χ1n) is 6.00. The van der Waals surface area contributed by atoms with E-state index in [0.29, 0.717) is 12.8 Å². The van der Waals surface area contributed by atoms with Gasteiger partial charge in [0.15, 0.2) is 0 Å². The molecule has 2 N–H and O–H groups in total. The Kier molecular flexibility index (Phi) is 5.04. The van der Waals surface area contributed by atoms with Crippen molar-refractivity contribution in [3.8, 4) is 0 Å². The van der Waals surface area contributed by atoms with Crippen LogP contribution >= 0.6 is 0 Å². The maximum Gasteiger partial charge on any atom is 0.230 e. The molecule has 18 heavy (non-hydrogen) atoms. The van der Waals surface area contributed by atoms with E-state index < -0.39 is 5.41 Å². The van der Waals surface area contributed by atoms with Crippen LogP contribution in [0.4, 0.5) is 0 Å². The van der Waals surface area contributed by atoms with Gasteiger partial charge in [-0.2, -0.15) is 0 Å². The predicted molar refractivity (Wildman–Crippen MR) is 73.1 cm³/mol. The maximum absolute atomic E-state index is 11.9. The highest BCUT2D eigenvalue weighted by Crippen LogP contribution is 2.30. The Morgan fingerprint density at radius 2 is 2.28 bits per heavy atom. The molecule has 1 amide bonds. The van der Waals surface area contributed by atoms with Gasteiger partial charge in [-0.05, 0) is 45.6 Å². The van der Waals surface area contributed by atoms with E-state index in [1.165, 1.54) is 0 Å². The Bertz CT molecular complexity index is 403. The first-order chi connectivity index (χ1) is 8.53. The molecule has 1 atom stereocenters. The molecule has 1 rings (SSSR count). The van der Waals surface area contributed by atoms with E-state index in [0.717, 1.165) is 12.2 Å². The minimum atomic E-state index is -0.757. The van der Waals surface area contributed by atoms with E-state index in [1.54, 1.807) is 12.3 Å². The van der Waals surface area contributed by atoms with Crippen molar-refractivity contribution in [2.24, 2.45) is 5.73 Å². The van der Waals surface area contributed by atoms with E-state index >= 15 is 0 Å². The van der Waals surface area contributed by atoms with Gasteiger partial charge < -0.3 is 10.6 Å². The summed E-state index contributed by atoms with van der Waals surface area (Å²) in [6.07, 6.45) is 4.56. The molecule has 0 aromatic carbocycles. The van der Waals surface area contributed by atoms with E-state index in [9.17, 15) is 4.79 Å². The normalized spacial score (nSPS) is 14.2. The number of hydrogen-bond donors (Lipinski definition) is 1. The lowest BCUT2D eigenvalue weighted by molar-refractivity contribution is -0.124. The number of nitrogens with zero attached hydrogens (tertiary/aromatic N) is 2. The molecule has 4 nitrogen and oxygen atoms in total. The van der Waals surface area contributed by atoms with Crippen molar-refractivity contribution in [1.82, 2.24) is 9.88 Å². The second-order valence-corrected chi connectivity index (χ2v) is 4.71. The first-order valence-corrected chi connectivity index (χ1v) is 6.00. The molecular weight excluding hydrogens is 226 g/mol. The zero-order valence-corrected chi connectivity index (χ0v) is 11.1. The fraction of sp³-hybridized carbons (Fsp3) is 0.429. The number of aromatic nitrogens is 1. The van der Waals surface area contributed by atoms with Crippen molar-refractivity contribution in [3.05, 3.63) is 42.7 Å². The number of amides is 1. The second kappa shape index (κ2) is 6.31. The predicted octanol–water partition coefficient (Wildman–Crippen LogP) is 1.33. The number of primary amides is 1. The highest BCUT2D eigenvalue weighted by atomic mass is 16.1. The van der Waals surface area contributed by atoms with Crippen LogP contribution in [0.5, 0.6) is 0 Å². The summed E-state index contributed by atoms with van der Waals surface area (Å²) in [5.41, 5.74) is 5.60. The summed E-state index contributed by atoms with van der Waals surface area (Å²) < 4.78 is 0. The van der Waals surface area contributed by atoms with Gasteiger partial charge in [0.2, 0.25) is 5.91 Å². The lowest BCUT2D eigenvalue weighted by Gasteiger charge is -2.30. The van der Waals surface area contributed by atoms with Crippen LogP contribution in [-0.2, 0) is 10.2 Å². The van der Waals surface area contributed by atoms with Crippen molar-refractivity contribution in [2.45, 2.75) is 18.3 Å². The number of carbonyl (C=O) groups is 1. The fourth-order valence-corrected chi connectivity index (χ4v) is 1.99. The van der Waals surface area contributed by atoms with Crippen LogP contribution in [0, 0.1) is 0 Å². The van der Waals surface area contributed by atoms with Gasteiger partial charge in [0.25, 0.3) is 0 Å². The monoisotopic (exact) mass is 247 g/mol. The smallest absolute Gasteiger partial charge is 0.230 e. The van der Waals surface area contributed by atoms with E-state index in [2.05, 4.69) is 11.6 Å². The Labute approximate surface area is 109 Å². The average molecular weight is 247 g/mol. The summed E-state index contributed by atoms with van der Waals surface area (Å²) in [5, 5.41) is 0. The molecule has 1 unspecified atom stereocenters. The Morgan fingerprint density at radius 1 is 1.56 bits per heavy atom. The molecule has 1 aromatic heterocycles. The molecule has 0 spiro atoms. The number of hydrogen-bond acceptors (Lipinski definition) is 3. The van der Waals surface area contributed by atoms with Gasteiger partial charge in [-0.15, -0.1) is 6.58 Å². The van der Waals surface area contributed by atoms with Gasteiger partial charge in [-0.1, -0.05) is 12.1 Å². The third-order valence-corrected chi connectivity index (χ3v) is 3.11. The van der Waals surface area contributed by atoms with Crippen LogP contribution in [-0.4, -0.2) is 36.4 Å². The summed E-state index contributed by atoms with van der Waals surface area (Å²) in [7, 11) is 3.94. The van der Waals surface area contributed by atoms with Crippen LogP contribution in [0.15, 0.2) is 37.1 Å². The number of rotatable bonds is 7. The molecule has 0 radical (unpaired) electrons. The van der Waals surface area contributed by atoms with E-state index in [4.69, 9.17) is 5.73 Å². The first kappa shape index (κ1) is 14.4. The van der Waals surface area contributed by atoms with Gasteiger partial charge >= 0.3 is 0 Å². The minimum absolute atomic E-state index is 0.344. The highest BCUT2D eigenvalue weighted by Gasteiger charge is 2.38. The van der Waals surface area contributed by atoms with Gasteiger partial charge in [-0.3, -0.25) is 9.78 Å². The van der Waals surface area contributed by atoms with Crippen LogP contribution < -0.4 is 5.73 Å². The van der Waals surface area contributed by atoms with Gasteiger partial charge in [0, 0.05) is 6.20 Å². The van der Waals surface area contributed by atoms with Crippen molar-refractivity contribution in [2.75, 3.05) is 20.6 Å². The van der Waals surface area contributed by atoms with Crippen LogP contribution in [0.25, 0.3) is 0 Å². The molecule has 4 heteroatoms. The highest BCUT2D eigenvalue weighted by molar-refractivity contribution is 5.86. The van der Waals surface area contributed by atoms with Crippen LogP contribution in [0.1, 0.15) is 18.5 Å². The molecule has 1 aromatic rings. The maximum atomic E-state index is 11.9. The van der Waals surface area contributed by atoms with Gasteiger partial charge in [-0.25, -0.2) is 0 Å². The Hall–Kier alpha value is -1.68. The summed E-state index contributed by atoms with van der Waals surface area (Å²) in [4.78, 5) is 18.3. The third-order valence-electron chi connectivity index (χ3n) is 3.11. The van der Waals surface area contributed by atoms with Crippen molar-refractivity contribution >= 4 is 5.91 Å². The Balaban J connectivity index is 3.13. The topological polar surface area (TPSA) is 59.2 Å². The molecular formula is C14H21N3O. The molecule has 0 aliphatic heterocycles. The lowest BCUT2D eigenvalue weighted by Crippen LogP contribution is -2.43. The zero-order valence-electron chi connectivity index (χ0n) is 11.1. The van der Waals surface area contributed by atoms with Crippen molar-refractivity contribution in [3.63, 3.8) is 0 Å². The quantitative estimate of drug-likeness (QED) is 0.740. The Morgan fingerprint density at radius 3 is 2.72 bits per heavy atom. The number of nitrogens with two attached hydrogens (primary N) is 1. The average Bonchev–Trinajstić information content (AvgIpc) is 2.35. The standard InChI is InChI=1S/C14H21N3O/c1-4-8-14(13(15)18,9-11-17(2)3)12-7-5-6-10-16-12/h4-7,10H,1,8-9,11H2,2-3H3,(H2,15,18). The van der Waals surface area contributed by atoms with Gasteiger partial charge in [0.1, 0.15) is 0 Å². The molecule has 0 aliphatic rings. The van der Waals surface area contributed by atoms with E-state index in [-0.39, 0.29) is 5.91 Å².